The Morgan fingerprint density at radius 1 is 1.14 bits per heavy atom. The van der Waals surface area contributed by atoms with Crippen LogP contribution < -0.4 is 15.4 Å². The fourth-order valence-electron chi connectivity index (χ4n) is 1.76. The van der Waals surface area contributed by atoms with Gasteiger partial charge in [-0.2, -0.15) is 0 Å². The summed E-state index contributed by atoms with van der Waals surface area (Å²) in [4.78, 5) is 12.0. The van der Waals surface area contributed by atoms with Gasteiger partial charge >= 0.3 is 0 Å². The summed E-state index contributed by atoms with van der Waals surface area (Å²) in [6, 6.07) is 5.95. The van der Waals surface area contributed by atoms with Crippen LogP contribution in [-0.2, 0) is 14.8 Å². The topological polar surface area (TPSA) is 87.3 Å². The number of carbonyl (C=O) groups is 1. The minimum Gasteiger partial charge on any atom is -0.326 e. The van der Waals surface area contributed by atoms with Crippen molar-refractivity contribution in [3.05, 3.63) is 24.3 Å². The van der Waals surface area contributed by atoms with Gasteiger partial charge in [-0.15, -0.1) is 0 Å². The van der Waals surface area contributed by atoms with Crippen LogP contribution in [0.15, 0.2) is 29.2 Å². The van der Waals surface area contributed by atoms with Gasteiger partial charge in [0.15, 0.2) is 0 Å². The van der Waals surface area contributed by atoms with Crippen LogP contribution in [0.5, 0.6) is 0 Å². The Balaban J connectivity index is 2.77. The normalized spacial score (nSPS) is 13.2. The molecular weight excluding hydrogens is 290 g/mol. The molecule has 0 spiro atoms. The van der Waals surface area contributed by atoms with E-state index in [0.29, 0.717) is 12.2 Å². The second-order valence-electron chi connectivity index (χ2n) is 5.25. The fraction of sp³-hybridized carbons (Fsp3) is 0.500. The summed E-state index contributed by atoms with van der Waals surface area (Å²) in [7, 11) is -1.72. The van der Waals surface area contributed by atoms with Crippen molar-refractivity contribution in [1.82, 2.24) is 10.0 Å². The molecule has 7 heteroatoms. The van der Waals surface area contributed by atoms with E-state index in [2.05, 4.69) is 15.4 Å². The molecule has 0 aliphatic heterocycles. The number of carbonyl (C=O) groups excluding carboxylic acids is 1. The Morgan fingerprint density at radius 2 is 1.71 bits per heavy atom. The molecule has 1 aromatic carbocycles. The highest BCUT2D eigenvalue weighted by molar-refractivity contribution is 7.89. The van der Waals surface area contributed by atoms with E-state index in [0.717, 1.165) is 0 Å². The van der Waals surface area contributed by atoms with Crippen molar-refractivity contribution in [3.63, 3.8) is 0 Å². The van der Waals surface area contributed by atoms with Crippen LogP contribution >= 0.6 is 0 Å². The highest BCUT2D eigenvalue weighted by atomic mass is 32.2. The number of hydrogen-bond donors (Lipinski definition) is 3. The maximum absolute atomic E-state index is 12.0. The molecule has 1 aromatic rings. The number of anilines is 1. The van der Waals surface area contributed by atoms with Gasteiger partial charge < -0.3 is 10.6 Å². The average molecular weight is 313 g/mol. The highest BCUT2D eigenvalue weighted by Gasteiger charge is 2.16. The molecule has 6 nitrogen and oxygen atoms in total. The van der Waals surface area contributed by atoms with Gasteiger partial charge in [-0.25, -0.2) is 13.1 Å². The van der Waals surface area contributed by atoms with E-state index in [4.69, 9.17) is 0 Å². The van der Waals surface area contributed by atoms with Crippen LogP contribution in [0.4, 0.5) is 5.69 Å². The molecule has 1 rings (SSSR count). The van der Waals surface area contributed by atoms with E-state index in [1.165, 1.54) is 12.1 Å². The fourth-order valence-corrected chi connectivity index (χ4v) is 3.01. The minimum atomic E-state index is -3.50. The van der Waals surface area contributed by atoms with Gasteiger partial charge in [0.1, 0.15) is 0 Å². The molecule has 0 aliphatic carbocycles. The molecule has 3 N–H and O–H groups in total. The smallest absolute Gasteiger partial charge is 0.240 e. The van der Waals surface area contributed by atoms with Gasteiger partial charge in [0.2, 0.25) is 15.9 Å². The third-order valence-electron chi connectivity index (χ3n) is 2.78. The van der Waals surface area contributed by atoms with Crippen LogP contribution in [0.2, 0.25) is 0 Å². The Morgan fingerprint density at radius 3 is 2.19 bits per heavy atom. The highest BCUT2D eigenvalue weighted by Crippen LogP contribution is 2.15. The molecule has 118 valence electrons. The molecule has 1 unspecified atom stereocenters. The van der Waals surface area contributed by atoms with Crippen LogP contribution in [0.3, 0.4) is 0 Å². The lowest BCUT2D eigenvalue weighted by Crippen LogP contribution is -2.30. The Hall–Kier alpha value is -1.44. The molecular formula is C14H23N3O3S. The summed E-state index contributed by atoms with van der Waals surface area (Å²) in [5.74, 6) is -0.277. The number of rotatable bonds is 7. The Bertz CT molecular complexity index is 568. The first kappa shape index (κ1) is 17.6. The molecule has 0 radical (unpaired) electrons. The van der Waals surface area contributed by atoms with E-state index < -0.39 is 10.0 Å². The summed E-state index contributed by atoms with van der Waals surface area (Å²) in [6.45, 7) is 5.92. The van der Waals surface area contributed by atoms with Crippen molar-refractivity contribution in [1.29, 1.82) is 0 Å². The van der Waals surface area contributed by atoms with E-state index >= 15 is 0 Å². The summed E-state index contributed by atoms with van der Waals surface area (Å²) < 4.78 is 26.4. The third kappa shape index (κ3) is 5.45. The van der Waals surface area contributed by atoms with Crippen LogP contribution in [0, 0.1) is 5.92 Å². The molecule has 1 atom stereocenters. The van der Waals surface area contributed by atoms with Crippen molar-refractivity contribution in [2.24, 2.45) is 5.92 Å². The van der Waals surface area contributed by atoms with E-state index in [9.17, 15) is 13.2 Å². The second kappa shape index (κ2) is 7.53. The van der Waals surface area contributed by atoms with Crippen molar-refractivity contribution in [3.8, 4) is 0 Å². The first-order valence-electron chi connectivity index (χ1n) is 6.84. The van der Waals surface area contributed by atoms with Crippen LogP contribution in [0.1, 0.15) is 20.8 Å². The summed E-state index contributed by atoms with van der Waals surface area (Å²) >= 11 is 0. The van der Waals surface area contributed by atoms with Crippen molar-refractivity contribution >= 4 is 21.6 Å². The molecule has 0 bridgehead atoms. The lowest BCUT2D eigenvalue weighted by Gasteiger charge is -2.13. The molecule has 0 saturated carbocycles. The van der Waals surface area contributed by atoms with E-state index in [-0.39, 0.29) is 22.8 Å². The second-order valence-corrected chi connectivity index (χ2v) is 6.96. The van der Waals surface area contributed by atoms with Crippen molar-refractivity contribution in [2.75, 3.05) is 18.9 Å². The van der Waals surface area contributed by atoms with Crippen LogP contribution in [0.25, 0.3) is 0 Å². The van der Waals surface area contributed by atoms with Gasteiger partial charge in [-0.3, -0.25) is 4.79 Å². The van der Waals surface area contributed by atoms with Gasteiger partial charge in [0.05, 0.1) is 4.90 Å². The predicted molar refractivity (Wildman–Crippen MR) is 83.6 cm³/mol. The lowest BCUT2D eigenvalue weighted by atomic mass is 10.1. The third-order valence-corrected chi connectivity index (χ3v) is 4.46. The monoisotopic (exact) mass is 313 g/mol. The maximum Gasteiger partial charge on any atom is 0.240 e. The Labute approximate surface area is 126 Å². The van der Waals surface area contributed by atoms with Crippen molar-refractivity contribution < 1.29 is 13.2 Å². The molecule has 0 fully saturated rings. The van der Waals surface area contributed by atoms with E-state index in [1.54, 1.807) is 33.0 Å². The van der Waals surface area contributed by atoms with Gasteiger partial charge in [0.25, 0.3) is 0 Å². The molecule has 0 aliphatic rings. The average Bonchev–Trinajstić information content (AvgIpc) is 2.38. The number of nitrogens with one attached hydrogen (secondary N) is 3. The molecule has 0 saturated heterocycles. The maximum atomic E-state index is 12.0. The zero-order valence-corrected chi connectivity index (χ0v) is 13.6. The number of hydrogen-bond acceptors (Lipinski definition) is 4. The number of sulfonamides is 1. The van der Waals surface area contributed by atoms with Crippen molar-refractivity contribution in [2.45, 2.75) is 31.7 Å². The van der Waals surface area contributed by atoms with Gasteiger partial charge in [-0.1, -0.05) is 6.92 Å². The SMILES string of the molecule is CNCC(C)C(=O)Nc1ccc(S(=O)(=O)NC(C)C)cc1. The summed E-state index contributed by atoms with van der Waals surface area (Å²) in [5.41, 5.74) is 0.575. The van der Waals surface area contributed by atoms with Gasteiger partial charge in [-0.05, 0) is 45.2 Å². The number of benzene rings is 1. The first-order chi connectivity index (χ1) is 9.76. The quantitative estimate of drug-likeness (QED) is 0.705. The van der Waals surface area contributed by atoms with E-state index in [1.807, 2.05) is 6.92 Å². The van der Waals surface area contributed by atoms with Crippen LogP contribution in [-0.4, -0.2) is 34.0 Å². The predicted octanol–water partition coefficient (Wildman–Crippen LogP) is 1.17. The largest absolute Gasteiger partial charge is 0.326 e. The molecule has 0 heterocycles. The summed E-state index contributed by atoms with van der Waals surface area (Å²) in [5, 5.41) is 5.68. The Kier molecular flexibility index (Phi) is 6.32. The molecule has 21 heavy (non-hydrogen) atoms. The molecule has 0 aromatic heterocycles. The van der Waals surface area contributed by atoms with Gasteiger partial charge in [0, 0.05) is 24.2 Å². The summed E-state index contributed by atoms with van der Waals surface area (Å²) in [6.07, 6.45) is 0. The first-order valence-corrected chi connectivity index (χ1v) is 8.32. The number of amides is 1. The zero-order chi connectivity index (χ0) is 16.0. The minimum absolute atomic E-state index is 0.111. The molecule has 1 amide bonds. The zero-order valence-electron chi connectivity index (χ0n) is 12.8. The standard InChI is InChI=1S/C14H23N3O3S/c1-10(2)17-21(19,20)13-7-5-12(6-8-13)16-14(18)11(3)9-15-4/h5-8,10-11,15,17H,9H2,1-4H3,(H,16,18). The lowest BCUT2D eigenvalue weighted by molar-refractivity contribution is -0.119.